The van der Waals surface area contributed by atoms with Gasteiger partial charge in [-0.2, -0.15) is 24.9 Å². The Morgan fingerprint density at radius 2 is 2.00 bits per heavy atom. The van der Waals surface area contributed by atoms with Crippen molar-refractivity contribution in [3.63, 3.8) is 0 Å². The predicted molar refractivity (Wildman–Crippen MR) is 72.3 cm³/mol. The van der Waals surface area contributed by atoms with Crippen LogP contribution in [0.1, 0.15) is 12.7 Å². The molecule has 1 aromatic rings. The molecule has 0 saturated heterocycles. The van der Waals surface area contributed by atoms with Gasteiger partial charge in [-0.25, -0.2) is 15.8 Å². The first-order valence-corrected chi connectivity index (χ1v) is 6.93. The molecule has 0 aliphatic rings. The number of anilines is 2. The molecule has 0 amide bonds. The quantitative estimate of drug-likeness (QED) is 0.464. The molecule has 1 heterocycles. The third-order valence-corrected chi connectivity index (χ3v) is 3.71. The lowest BCUT2D eigenvalue weighted by Crippen LogP contribution is -2.31. The zero-order valence-corrected chi connectivity index (χ0v) is 11.7. The maximum Gasteiger partial charge on any atom is 0.451 e. The number of hydrogen-bond acceptors (Lipinski definition) is 7. The normalized spacial score (nSPS) is 14.8. The number of hydrazine groups is 1. The number of nitrogen functional groups attached to an aromatic ring is 1. The van der Waals surface area contributed by atoms with Gasteiger partial charge in [0.2, 0.25) is 5.82 Å². The summed E-state index contributed by atoms with van der Waals surface area (Å²) in [6.45, 7) is 1.64. The summed E-state index contributed by atoms with van der Waals surface area (Å²) in [4.78, 5) is 6.66. The zero-order chi connectivity index (χ0) is 15.3. The Morgan fingerprint density at radius 3 is 2.45 bits per heavy atom. The number of rotatable bonds is 6. The van der Waals surface area contributed by atoms with Crippen LogP contribution in [-0.2, 0) is 6.18 Å². The van der Waals surface area contributed by atoms with Crippen molar-refractivity contribution in [1.29, 1.82) is 0 Å². The highest BCUT2D eigenvalue weighted by atomic mass is 32.2. The van der Waals surface area contributed by atoms with Gasteiger partial charge in [-0.3, -0.25) is 0 Å². The van der Waals surface area contributed by atoms with E-state index < -0.39 is 12.0 Å². The number of nitrogens with zero attached hydrogens (tertiary/aromatic N) is 2. The van der Waals surface area contributed by atoms with Gasteiger partial charge in [-0.1, -0.05) is 0 Å². The number of halogens is 3. The molecule has 2 unspecified atom stereocenters. The SMILES string of the molecule is CSC(CO)C(C)Nc1cc(NN)nc(C(F)(F)F)n1. The molecule has 20 heavy (non-hydrogen) atoms. The Balaban J connectivity index is 3.00. The van der Waals surface area contributed by atoms with Gasteiger partial charge < -0.3 is 15.8 Å². The van der Waals surface area contributed by atoms with Gasteiger partial charge in [0.25, 0.3) is 0 Å². The summed E-state index contributed by atoms with van der Waals surface area (Å²) >= 11 is 1.40. The van der Waals surface area contributed by atoms with Crippen molar-refractivity contribution in [2.75, 3.05) is 23.6 Å². The Bertz CT molecular complexity index is 441. The molecule has 1 aromatic heterocycles. The van der Waals surface area contributed by atoms with Crippen LogP contribution in [0.25, 0.3) is 0 Å². The molecule has 0 aliphatic heterocycles. The monoisotopic (exact) mass is 311 g/mol. The Morgan fingerprint density at radius 1 is 1.40 bits per heavy atom. The first-order valence-electron chi connectivity index (χ1n) is 5.65. The van der Waals surface area contributed by atoms with E-state index >= 15 is 0 Å². The van der Waals surface area contributed by atoms with Crippen molar-refractivity contribution in [3.05, 3.63) is 11.9 Å². The standard InChI is InChI=1S/C10H16F3N5OS/c1-5(6(4-19)20-2)15-7-3-8(18-14)17-9(16-7)10(11,12)13/h3,5-6,19H,4,14H2,1-2H3,(H2,15,16,17,18). The fourth-order valence-electron chi connectivity index (χ4n) is 1.48. The van der Waals surface area contributed by atoms with Gasteiger partial charge in [0.05, 0.1) is 6.61 Å². The highest BCUT2D eigenvalue weighted by Crippen LogP contribution is 2.28. The summed E-state index contributed by atoms with van der Waals surface area (Å²) in [6.07, 6.45) is -2.87. The maximum absolute atomic E-state index is 12.6. The van der Waals surface area contributed by atoms with Crippen molar-refractivity contribution in [3.8, 4) is 0 Å². The average molecular weight is 311 g/mol. The van der Waals surface area contributed by atoms with Crippen LogP contribution in [0.3, 0.4) is 0 Å². The van der Waals surface area contributed by atoms with E-state index in [4.69, 9.17) is 10.9 Å². The van der Waals surface area contributed by atoms with E-state index in [0.717, 1.165) is 0 Å². The van der Waals surface area contributed by atoms with Crippen LogP contribution in [-0.4, -0.2) is 39.2 Å². The van der Waals surface area contributed by atoms with Crippen molar-refractivity contribution < 1.29 is 18.3 Å². The van der Waals surface area contributed by atoms with Gasteiger partial charge >= 0.3 is 6.18 Å². The van der Waals surface area contributed by atoms with Crippen LogP contribution in [0, 0.1) is 0 Å². The lowest BCUT2D eigenvalue weighted by Gasteiger charge is -2.22. The molecule has 0 bridgehead atoms. The summed E-state index contributed by atoms with van der Waals surface area (Å²) in [5.41, 5.74) is 2.06. The fraction of sp³-hybridized carbons (Fsp3) is 0.600. The maximum atomic E-state index is 12.6. The highest BCUT2D eigenvalue weighted by molar-refractivity contribution is 7.99. The summed E-state index contributed by atoms with van der Waals surface area (Å²) in [5.74, 6) is 3.65. The second-order valence-corrected chi connectivity index (χ2v) is 5.07. The van der Waals surface area contributed by atoms with E-state index in [1.54, 1.807) is 13.2 Å². The minimum atomic E-state index is -4.66. The molecule has 0 saturated carbocycles. The second kappa shape index (κ2) is 6.95. The lowest BCUT2D eigenvalue weighted by molar-refractivity contribution is -0.144. The van der Waals surface area contributed by atoms with Crippen LogP contribution >= 0.6 is 11.8 Å². The molecule has 0 aliphatic carbocycles. The lowest BCUT2D eigenvalue weighted by atomic mass is 10.2. The topological polar surface area (TPSA) is 96.1 Å². The molecule has 5 N–H and O–H groups in total. The molecule has 0 aromatic carbocycles. The Kier molecular flexibility index (Phi) is 5.84. The van der Waals surface area contributed by atoms with Gasteiger partial charge in [0.15, 0.2) is 0 Å². The van der Waals surface area contributed by atoms with Crippen LogP contribution in [0.15, 0.2) is 6.07 Å². The van der Waals surface area contributed by atoms with Crippen molar-refractivity contribution in [1.82, 2.24) is 9.97 Å². The van der Waals surface area contributed by atoms with Crippen molar-refractivity contribution in [2.45, 2.75) is 24.4 Å². The molecule has 0 spiro atoms. The third-order valence-electron chi connectivity index (χ3n) is 2.54. The first-order chi connectivity index (χ1) is 9.31. The molecule has 10 heteroatoms. The van der Waals surface area contributed by atoms with Gasteiger partial charge in [-0.05, 0) is 13.2 Å². The Hall–Kier alpha value is -1.26. The van der Waals surface area contributed by atoms with E-state index in [9.17, 15) is 13.2 Å². The van der Waals surface area contributed by atoms with Gasteiger partial charge in [-0.15, -0.1) is 0 Å². The number of nitrogens with one attached hydrogen (secondary N) is 2. The number of nitrogens with two attached hydrogens (primary N) is 1. The molecular formula is C10H16F3N5OS. The predicted octanol–water partition coefficient (Wildman–Crippen LogP) is 1.31. The number of aliphatic hydroxyl groups is 1. The third kappa shape index (κ3) is 4.39. The molecule has 114 valence electrons. The van der Waals surface area contributed by atoms with E-state index in [2.05, 4.69) is 20.7 Å². The highest BCUT2D eigenvalue weighted by Gasteiger charge is 2.35. The number of thioether (sulfide) groups is 1. The summed E-state index contributed by atoms with van der Waals surface area (Å²) in [7, 11) is 0. The van der Waals surface area contributed by atoms with Gasteiger partial charge in [0, 0.05) is 17.4 Å². The van der Waals surface area contributed by atoms with E-state index in [1.165, 1.54) is 17.8 Å². The smallest absolute Gasteiger partial charge is 0.395 e. The minimum absolute atomic E-state index is 0.0136. The van der Waals surface area contributed by atoms with Crippen LogP contribution in [0.5, 0.6) is 0 Å². The molecule has 0 radical (unpaired) electrons. The first kappa shape index (κ1) is 16.8. The summed E-state index contributed by atoms with van der Waals surface area (Å²) in [5, 5.41) is 11.8. The van der Waals surface area contributed by atoms with Crippen molar-refractivity contribution in [2.24, 2.45) is 5.84 Å². The average Bonchev–Trinajstić information content (AvgIpc) is 2.38. The zero-order valence-electron chi connectivity index (χ0n) is 10.9. The second-order valence-electron chi connectivity index (χ2n) is 3.99. The van der Waals surface area contributed by atoms with E-state index in [-0.39, 0.29) is 29.5 Å². The number of hydrogen-bond donors (Lipinski definition) is 4. The summed E-state index contributed by atoms with van der Waals surface area (Å²) in [6, 6.07) is 0.983. The van der Waals surface area contributed by atoms with Gasteiger partial charge in [0.1, 0.15) is 11.6 Å². The summed E-state index contributed by atoms with van der Waals surface area (Å²) < 4.78 is 37.9. The Labute approximate surface area is 118 Å². The number of aromatic nitrogens is 2. The molecule has 6 nitrogen and oxygen atoms in total. The molecule has 1 rings (SSSR count). The fourth-order valence-corrected chi connectivity index (χ4v) is 2.11. The van der Waals surface area contributed by atoms with E-state index in [1.807, 2.05) is 0 Å². The largest absolute Gasteiger partial charge is 0.451 e. The molecular weight excluding hydrogens is 295 g/mol. The van der Waals surface area contributed by atoms with Crippen LogP contribution < -0.4 is 16.6 Å². The number of aliphatic hydroxyl groups excluding tert-OH is 1. The van der Waals surface area contributed by atoms with Crippen LogP contribution in [0.2, 0.25) is 0 Å². The number of alkyl halides is 3. The van der Waals surface area contributed by atoms with Crippen molar-refractivity contribution >= 4 is 23.4 Å². The van der Waals surface area contributed by atoms with Crippen LogP contribution in [0.4, 0.5) is 24.8 Å². The molecule has 2 atom stereocenters. The molecule has 0 fully saturated rings. The van der Waals surface area contributed by atoms with E-state index in [0.29, 0.717) is 0 Å². The minimum Gasteiger partial charge on any atom is -0.395 e.